The minimum absolute atomic E-state index is 0.296. The van der Waals surface area contributed by atoms with Crippen LogP contribution in [0.25, 0.3) is 0 Å². The molecular formula is C22H24N2O. The van der Waals surface area contributed by atoms with Gasteiger partial charge < -0.3 is 4.90 Å². The van der Waals surface area contributed by atoms with Crippen LogP contribution in [0, 0.1) is 0 Å². The summed E-state index contributed by atoms with van der Waals surface area (Å²) in [7, 11) is 0. The number of ketones is 1. The van der Waals surface area contributed by atoms with E-state index in [1.54, 1.807) is 0 Å². The highest BCUT2D eigenvalue weighted by Gasteiger charge is 2.51. The molecule has 0 radical (unpaired) electrons. The van der Waals surface area contributed by atoms with Gasteiger partial charge in [-0.3, -0.25) is 9.69 Å². The topological polar surface area (TPSA) is 23.6 Å². The maximum atomic E-state index is 13.2. The second-order valence-electron chi connectivity index (χ2n) is 7.04. The van der Waals surface area contributed by atoms with Crippen molar-refractivity contribution in [2.24, 2.45) is 0 Å². The van der Waals surface area contributed by atoms with Crippen molar-refractivity contribution in [2.75, 3.05) is 24.5 Å². The molecule has 2 aromatic rings. The first-order valence-electron chi connectivity index (χ1n) is 9.03. The molecule has 25 heavy (non-hydrogen) atoms. The lowest BCUT2D eigenvalue weighted by atomic mass is 9.82. The Kier molecular flexibility index (Phi) is 4.18. The number of hydrogen-bond acceptors (Lipinski definition) is 3. The number of para-hydroxylation sites is 1. The Bertz CT molecular complexity index is 776. The third-order valence-corrected chi connectivity index (χ3v) is 5.62. The molecule has 1 spiro atoms. The van der Waals surface area contributed by atoms with Crippen LogP contribution < -0.4 is 4.90 Å². The Morgan fingerprint density at radius 3 is 2.40 bits per heavy atom. The Morgan fingerprint density at radius 1 is 1.00 bits per heavy atom. The quantitative estimate of drug-likeness (QED) is 0.793. The van der Waals surface area contributed by atoms with E-state index in [0.717, 1.165) is 50.3 Å². The third-order valence-electron chi connectivity index (χ3n) is 5.62. The zero-order valence-electron chi connectivity index (χ0n) is 14.5. The van der Waals surface area contributed by atoms with Crippen molar-refractivity contribution in [3.05, 3.63) is 78.4 Å². The average molecular weight is 332 g/mol. The number of Topliss-reactive ketones (excluding diaryl/α,β-unsaturated/α-hetero) is 1. The van der Waals surface area contributed by atoms with E-state index in [4.69, 9.17) is 0 Å². The predicted molar refractivity (Wildman–Crippen MR) is 102 cm³/mol. The normalized spacial score (nSPS) is 19.2. The van der Waals surface area contributed by atoms with E-state index in [1.165, 1.54) is 5.56 Å². The van der Waals surface area contributed by atoms with Gasteiger partial charge in [0.2, 0.25) is 0 Å². The number of nitrogens with zero attached hydrogens (tertiary/aromatic N) is 2. The molecule has 0 saturated carbocycles. The monoisotopic (exact) mass is 332 g/mol. The number of rotatable bonds is 4. The van der Waals surface area contributed by atoms with Gasteiger partial charge in [-0.05, 0) is 30.5 Å². The molecule has 0 bridgehead atoms. The number of fused-ring (bicyclic) bond motifs is 1. The van der Waals surface area contributed by atoms with E-state index in [2.05, 4.69) is 52.8 Å². The minimum atomic E-state index is -0.384. The summed E-state index contributed by atoms with van der Waals surface area (Å²) in [6, 6.07) is 18.6. The first-order chi connectivity index (χ1) is 12.2. The lowest BCUT2D eigenvalue weighted by molar-refractivity contribution is 0.0790. The van der Waals surface area contributed by atoms with Gasteiger partial charge in [0.05, 0.1) is 0 Å². The fourth-order valence-corrected chi connectivity index (χ4v) is 4.33. The minimum Gasteiger partial charge on any atom is -0.354 e. The number of carbonyl (C=O) groups excluding carboxylic acids is 1. The summed E-state index contributed by atoms with van der Waals surface area (Å²) in [6.07, 6.45) is 3.66. The Hall–Kier alpha value is -2.39. The summed E-state index contributed by atoms with van der Waals surface area (Å²) in [5, 5.41) is 0. The van der Waals surface area contributed by atoms with E-state index < -0.39 is 0 Å². The molecule has 1 saturated heterocycles. The molecule has 0 amide bonds. The van der Waals surface area contributed by atoms with Gasteiger partial charge in [-0.15, -0.1) is 6.58 Å². The SMILES string of the molecule is C=CCN1c2ccccc2C(=O)C12CCN(Cc1ccccc1)CC2. The summed E-state index contributed by atoms with van der Waals surface area (Å²) in [5.41, 5.74) is 2.90. The number of benzene rings is 2. The number of carbonyl (C=O) groups is 1. The van der Waals surface area contributed by atoms with Crippen molar-refractivity contribution >= 4 is 11.5 Å². The van der Waals surface area contributed by atoms with Crippen LogP contribution in [0.15, 0.2) is 67.3 Å². The number of hydrogen-bond donors (Lipinski definition) is 0. The van der Waals surface area contributed by atoms with Gasteiger partial charge in [0.1, 0.15) is 5.54 Å². The van der Waals surface area contributed by atoms with Crippen molar-refractivity contribution in [1.29, 1.82) is 0 Å². The van der Waals surface area contributed by atoms with E-state index in [-0.39, 0.29) is 5.54 Å². The second-order valence-corrected chi connectivity index (χ2v) is 7.04. The highest BCUT2D eigenvalue weighted by molar-refractivity contribution is 6.14. The summed E-state index contributed by atoms with van der Waals surface area (Å²) < 4.78 is 0. The fraction of sp³-hybridized carbons (Fsp3) is 0.318. The molecule has 4 rings (SSSR count). The van der Waals surface area contributed by atoms with E-state index in [1.807, 2.05) is 24.3 Å². The molecule has 3 heteroatoms. The molecule has 0 aliphatic carbocycles. The average Bonchev–Trinajstić information content (AvgIpc) is 2.88. The third kappa shape index (κ3) is 2.69. The van der Waals surface area contributed by atoms with Crippen LogP contribution >= 0.6 is 0 Å². The number of piperidine rings is 1. The van der Waals surface area contributed by atoms with Gasteiger partial charge in [-0.1, -0.05) is 48.5 Å². The second kappa shape index (κ2) is 6.49. The zero-order valence-corrected chi connectivity index (χ0v) is 14.5. The molecule has 0 N–H and O–H groups in total. The smallest absolute Gasteiger partial charge is 0.190 e. The molecule has 2 aromatic carbocycles. The molecule has 2 aliphatic rings. The van der Waals surface area contributed by atoms with Crippen molar-refractivity contribution in [3.8, 4) is 0 Å². The van der Waals surface area contributed by atoms with Crippen LogP contribution in [0.4, 0.5) is 5.69 Å². The van der Waals surface area contributed by atoms with Gasteiger partial charge >= 0.3 is 0 Å². The highest BCUT2D eigenvalue weighted by Crippen LogP contribution is 2.44. The standard InChI is InChI=1S/C22H24N2O/c1-2-14-24-20-11-7-6-10-19(20)21(25)22(24)12-15-23(16-13-22)17-18-8-4-3-5-9-18/h2-11H,1,12-17H2. The number of likely N-dealkylation sites (tertiary alicyclic amines) is 1. The van der Waals surface area contributed by atoms with Crippen LogP contribution in [-0.2, 0) is 6.54 Å². The van der Waals surface area contributed by atoms with Crippen molar-refractivity contribution in [3.63, 3.8) is 0 Å². The first kappa shape index (κ1) is 16.1. The van der Waals surface area contributed by atoms with Crippen LogP contribution in [0.1, 0.15) is 28.8 Å². The van der Waals surface area contributed by atoms with Crippen LogP contribution in [0.2, 0.25) is 0 Å². The van der Waals surface area contributed by atoms with Gasteiger partial charge in [0, 0.05) is 37.4 Å². The lowest BCUT2D eigenvalue weighted by Crippen LogP contribution is -2.57. The molecule has 2 heterocycles. The van der Waals surface area contributed by atoms with Gasteiger partial charge in [-0.25, -0.2) is 0 Å². The summed E-state index contributed by atoms with van der Waals surface area (Å²) in [6.45, 7) is 7.48. The van der Waals surface area contributed by atoms with E-state index in [0.29, 0.717) is 5.78 Å². The van der Waals surface area contributed by atoms with Gasteiger partial charge in [0.15, 0.2) is 5.78 Å². The largest absolute Gasteiger partial charge is 0.354 e. The van der Waals surface area contributed by atoms with E-state index >= 15 is 0 Å². The van der Waals surface area contributed by atoms with Crippen LogP contribution in [0.5, 0.6) is 0 Å². The lowest BCUT2D eigenvalue weighted by Gasteiger charge is -2.44. The van der Waals surface area contributed by atoms with Gasteiger partial charge in [0.25, 0.3) is 0 Å². The molecule has 1 fully saturated rings. The molecular weight excluding hydrogens is 308 g/mol. The summed E-state index contributed by atoms with van der Waals surface area (Å²) in [4.78, 5) is 18.0. The van der Waals surface area contributed by atoms with Crippen molar-refractivity contribution in [2.45, 2.75) is 24.9 Å². The highest BCUT2D eigenvalue weighted by atomic mass is 16.1. The number of anilines is 1. The molecule has 0 unspecified atom stereocenters. The van der Waals surface area contributed by atoms with E-state index in [9.17, 15) is 4.79 Å². The Morgan fingerprint density at radius 2 is 1.68 bits per heavy atom. The van der Waals surface area contributed by atoms with Crippen LogP contribution in [0.3, 0.4) is 0 Å². The Labute approximate surface area is 149 Å². The molecule has 2 aliphatic heterocycles. The van der Waals surface area contributed by atoms with Crippen molar-refractivity contribution in [1.82, 2.24) is 4.90 Å². The summed E-state index contributed by atoms with van der Waals surface area (Å²) in [5.74, 6) is 0.296. The Balaban J connectivity index is 1.55. The first-order valence-corrected chi connectivity index (χ1v) is 9.03. The van der Waals surface area contributed by atoms with Crippen LogP contribution in [-0.4, -0.2) is 35.9 Å². The van der Waals surface area contributed by atoms with Gasteiger partial charge in [-0.2, -0.15) is 0 Å². The summed E-state index contributed by atoms with van der Waals surface area (Å²) >= 11 is 0. The zero-order chi connectivity index (χ0) is 17.3. The maximum absolute atomic E-state index is 13.2. The maximum Gasteiger partial charge on any atom is 0.190 e. The molecule has 3 nitrogen and oxygen atoms in total. The molecule has 0 aromatic heterocycles. The fourth-order valence-electron chi connectivity index (χ4n) is 4.33. The predicted octanol–water partition coefficient (Wildman–Crippen LogP) is 3.91. The molecule has 0 atom stereocenters. The molecule has 128 valence electrons. The van der Waals surface area contributed by atoms with Crippen molar-refractivity contribution < 1.29 is 4.79 Å².